The number of rotatable bonds is 2. The van der Waals surface area contributed by atoms with Gasteiger partial charge in [0.05, 0.1) is 5.51 Å². The molecule has 1 heterocycles. The number of hydrogen-bond acceptors (Lipinski definition) is 3. The molecule has 0 aliphatic carbocycles. The van der Waals surface area contributed by atoms with Crippen molar-refractivity contribution < 1.29 is 4.79 Å². The zero-order valence-corrected chi connectivity index (χ0v) is 6.94. The van der Waals surface area contributed by atoms with E-state index in [1.165, 1.54) is 17.4 Å². The average Bonchev–Trinajstić information content (AvgIpc) is 2.37. The Hall–Kier alpha value is -1.16. The molecule has 3 nitrogen and oxygen atoms in total. The summed E-state index contributed by atoms with van der Waals surface area (Å²) >= 11 is 1.50. The summed E-state index contributed by atoms with van der Waals surface area (Å²) in [6.07, 6.45) is 1.22. The van der Waals surface area contributed by atoms with Crippen LogP contribution >= 0.6 is 11.3 Å². The maximum Gasteiger partial charge on any atom is 0.248 e. The second kappa shape index (κ2) is 3.30. The molecule has 1 aromatic heterocycles. The lowest BCUT2D eigenvalue weighted by Gasteiger charge is -1.96. The molecule has 1 aromatic rings. The molecule has 0 fully saturated rings. The number of nitrogens with zero attached hydrogens (tertiary/aromatic N) is 1. The monoisotopic (exact) mass is 168 g/mol. The number of nitrogens with one attached hydrogen (secondary N) is 1. The highest BCUT2D eigenvalue weighted by Crippen LogP contribution is 2.15. The Morgan fingerprint density at radius 2 is 2.64 bits per heavy atom. The van der Waals surface area contributed by atoms with Crippen molar-refractivity contribution in [3.8, 4) is 0 Å². The Balaban J connectivity index is 2.71. The fraction of sp³-hybridized carbons (Fsp3) is 0.143. The van der Waals surface area contributed by atoms with E-state index in [0.717, 1.165) is 4.88 Å². The van der Waals surface area contributed by atoms with Gasteiger partial charge in [-0.05, 0) is 13.0 Å². The van der Waals surface area contributed by atoms with E-state index in [4.69, 9.17) is 0 Å². The highest BCUT2D eigenvalue weighted by Gasteiger charge is 2.02. The number of carbonyl (C=O) groups excluding carboxylic acids is 1. The standard InChI is InChI=1S/C7H8N2OS/c1-3-6(10)9-7-5(2)11-4-8-7/h3-4H,1H2,2H3,(H,9,10). The molecule has 4 heteroatoms. The van der Waals surface area contributed by atoms with Gasteiger partial charge in [-0.3, -0.25) is 4.79 Å². The van der Waals surface area contributed by atoms with Crippen molar-refractivity contribution >= 4 is 23.1 Å². The topological polar surface area (TPSA) is 42.0 Å². The number of anilines is 1. The first kappa shape index (κ1) is 7.94. The summed E-state index contributed by atoms with van der Waals surface area (Å²) in [7, 11) is 0. The first-order valence-corrected chi connectivity index (χ1v) is 3.95. The van der Waals surface area contributed by atoms with Crippen LogP contribution in [0.2, 0.25) is 0 Å². The zero-order valence-electron chi connectivity index (χ0n) is 6.13. The smallest absolute Gasteiger partial charge is 0.248 e. The highest BCUT2D eigenvalue weighted by molar-refractivity contribution is 7.10. The fourth-order valence-corrected chi connectivity index (χ4v) is 1.12. The van der Waals surface area contributed by atoms with Gasteiger partial charge in [-0.15, -0.1) is 11.3 Å². The Kier molecular flexibility index (Phi) is 2.38. The third-order valence-corrected chi connectivity index (χ3v) is 1.93. The summed E-state index contributed by atoms with van der Waals surface area (Å²) in [6, 6.07) is 0. The normalized spacial score (nSPS) is 9.18. The molecule has 0 bridgehead atoms. The summed E-state index contributed by atoms with van der Waals surface area (Å²) in [5.74, 6) is 0.402. The second-order valence-corrected chi connectivity index (χ2v) is 3.01. The summed E-state index contributed by atoms with van der Waals surface area (Å²) in [6.45, 7) is 5.23. The molecule has 1 N–H and O–H groups in total. The number of aromatic nitrogens is 1. The van der Waals surface area contributed by atoms with Gasteiger partial charge in [-0.1, -0.05) is 6.58 Å². The van der Waals surface area contributed by atoms with Crippen molar-refractivity contribution in [3.05, 3.63) is 23.0 Å². The average molecular weight is 168 g/mol. The molecule has 0 aliphatic heterocycles. The molecule has 1 amide bonds. The molecule has 0 saturated heterocycles. The van der Waals surface area contributed by atoms with Gasteiger partial charge in [0.25, 0.3) is 0 Å². The lowest BCUT2D eigenvalue weighted by Crippen LogP contribution is -2.08. The minimum absolute atomic E-state index is 0.223. The summed E-state index contributed by atoms with van der Waals surface area (Å²) in [5.41, 5.74) is 1.69. The van der Waals surface area contributed by atoms with E-state index >= 15 is 0 Å². The maximum atomic E-state index is 10.8. The van der Waals surface area contributed by atoms with Crippen LogP contribution in [0.4, 0.5) is 5.82 Å². The molecular weight excluding hydrogens is 160 g/mol. The molecule has 0 saturated carbocycles. The van der Waals surface area contributed by atoms with Gasteiger partial charge in [0, 0.05) is 4.88 Å². The van der Waals surface area contributed by atoms with Gasteiger partial charge >= 0.3 is 0 Å². The Labute approximate surface area is 68.8 Å². The van der Waals surface area contributed by atoms with Crippen LogP contribution < -0.4 is 5.32 Å². The van der Waals surface area contributed by atoms with E-state index in [0.29, 0.717) is 5.82 Å². The first-order chi connectivity index (χ1) is 5.24. The number of amides is 1. The van der Waals surface area contributed by atoms with Gasteiger partial charge in [0.15, 0.2) is 0 Å². The highest BCUT2D eigenvalue weighted by atomic mass is 32.1. The van der Waals surface area contributed by atoms with Crippen LogP contribution in [0.1, 0.15) is 4.88 Å². The molecule has 0 aromatic carbocycles. The summed E-state index contributed by atoms with van der Waals surface area (Å²) in [4.78, 5) is 15.7. The quantitative estimate of drug-likeness (QED) is 0.681. The van der Waals surface area contributed by atoms with Crippen LogP contribution in [0.15, 0.2) is 18.2 Å². The lowest BCUT2D eigenvalue weighted by atomic mass is 10.5. The molecule has 11 heavy (non-hydrogen) atoms. The molecule has 0 atom stereocenters. The summed E-state index contributed by atoms with van der Waals surface area (Å²) < 4.78 is 0. The lowest BCUT2D eigenvalue weighted by molar-refractivity contribution is -0.111. The minimum atomic E-state index is -0.223. The molecule has 0 radical (unpaired) electrons. The predicted molar refractivity (Wildman–Crippen MR) is 45.7 cm³/mol. The Morgan fingerprint density at radius 1 is 1.91 bits per heavy atom. The van der Waals surface area contributed by atoms with Gasteiger partial charge < -0.3 is 5.32 Å². The van der Waals surface area contributed by atoms with Crippen LogP contribution in [0, 0.1) is 6.92 Å². The molecular formula is C7H8N2OS. The first-order valence-electron chi connectivity index (χ1n) is 3.07. The molecule has 58 valence electrons. The summed E-state index contributed by atoms with van der Waals surface area (Å²) in [5, 5.41) is 2.58. The third-order valence-electron chi connectivity index (χ3n) is 1.17. The second-order valence-electron chi connectivity index (χ2n) is 1.95. The van der Waals surface area contributed by atoms with Crippen LogP contribution in [-0.4, -0.2) is 10.9 Å². The fourth-order valence-electron chi connectivity index (χ4n) is 0.593. The van der Waals surface area contributed by atoms with E-state index < -0.39 is 0 Å². The van der Waals surface area contributed by atoms with Gasteiger partial charge in [0.2, 0.25) is 5.91 Å². The largest absolute Gasteiger partial charge is 0.306 e. The van der Waals surface area contributed by atoms with E-state index in [1.807, 2.05) is 6.92 Å². The van der Waals surface area contributed by atoms with Crippen LogP contribution in [-0.2, 0) is 4.79 Å². The van der Waals surface area contributed by atoms with Crippen molar-refractivity contribution in [1.29, 1.82) is 0 Å². The van der Waals surface area contributed by atoms with E-state index in [1.54, 1.807) is 5.51 Å². The van der Waals surface area contributed by atoms with Crippen LogP contribution in [0.25, 0.3) is 0 Å². The van der Waals surface area contributed by atoms with Crippen molar-refractivity contribution in [2.45, 2.75) is 6.92 Å². The number of carbonyl (C=O) groups is 1. The van der Waals surface area contributed by atoms with Gasteiger partial charge in [0.1, 0.15) is 5.82 Å². The molecule has 0 spiro atoms. The predicted octanol–water partition coefficient (Wildman–Crippen LogP) is 1.58. The van der Waals surface area contributed by atoms with E-state index in [-0.39, 0.29) is 5.91 Å². The molecule has 1 rings (SSSR count). The zero-order chi connectivity index (χ0) is 8.27. The molecule has 0 unspecified atom stereocenters. The van der Waals surface area contributed by atoms with Crippen LogP contribution in [0.5, 0.6) is 0 Å². The van der Waals surface area contributed by atoms with Gasteiger partial charge in [-0.25, -0.2) is 4.98 Å². The van der Waals surface area contributed by atoms with E-state index in [2.05, 4.69) is 16.9 Å². The number of thiazole rings is 1. The third kappa shape index (κ3) is 1.88. The van der Waals surface area contributed by atoms with Crippen molar-refractivity contribution in [2.75, 3.05) is 5.32 Å². The van der Waals surface area contributed by atoms with Crippen LogP contribution in [0.3, 0.4) is 0 Å². The van der Waals surface area contributed by atoms with Crippen molar-refractivity contribution in [1.82, 2.24) is 4.98 Å². The van der Waals surface area contributed by atoms with Crippen molar-refractivity contribution in [3.63, 3.8) is 0 Å². The molecule has 0 aliphatic rings. The van der Waals surface area contributed by atoms with Gasteiger partial charge in [-0.2, -0.15) is 0 Å². The maximum absolute atomic E-state index is 10.8. The number of hydrogen-bond donors (Lipinski definition) is 1. The minimum Gasteiger partial charge on any atom is -0.306 e. The SMILES string of the molecule is C=CC(=O)Nc1ncsc1C. The van der Waals surface area contributed by atoms with E-state index in [9.17, 15) is 4.79 Å². The number of aryl methyl sites for hydroxylation is 1. The Morgan fingerprint density at radius 3 is 3.09 bits per heavy atom. The Bertz CT molecular complexity index is 280. The van der Waals surface area contributed by atoms with Crippen molar-refractivity contribution in [2.24, 2.45) is 0 Å².